The van der Waals surface area contributed by atoms with Gasteiger partial charge in [-0.25, -0.2) is 0 Å². The van der Waals surface area contributed by atoms with Crippen LogP contribution in [0.2, 0.25) is 0 Å². The van der Waals surface area contributed by atoms with E-state index in [2.05, 4.69) is 10.6 Å². The molecule has 1 aliphatic rings. The zero-order valence-electron chi connectivity index (χ0n) is 16.3. The highest BCUT2D eigenvalue weighted by Gasteiger charge is 2.17. The number of anilines is 2. The molecule has 0 unspecified atom stereocenters. The molecule has 3 rings (SSSR count). The van der Waals surface area contributed by atoms with Crippen LogP contribution in [0.15, 0.2) is 48.5 Å². The highest BCUT2D eigenvalue weighted by atomic mass is 16.5. The van der Waals surface area contributed by atoms with Gasteiger partial charge in [-0.15, -0.1) is 0 Å². The molecule has 0 aliphatic carbocycles. The van der Waals surface area contributed by atoms with E-state index in [0.29, 0.717) is 30.1 Å². The topological polar surface area (TPSA) is 71.9 Å². The summed E-state index contributed by atoms with van der Waals surface area (Å²) in [5.41, 5.74) is 1.95. The molecule has 0 saturated carbocycles. The zero-order chi connectivity index (χ0) is 19.8. The number of rotatable bonds is 7. The molecule has 0 bridgehead atoms. The number of ether oxygens (including phenoxy) is 1. The first kappa shape index (κ1) is 19.9. The number of piperidine rings is 1. The van der Waals surface area contributed by atoms with Gasteiger partial charge in [-0.1, -0.05) is 0 Å². The maximum Gasteiger partial charge on any atom is 0.279 e. The minimum absolute atomic E-state index is 0.0171. The third kappa shape index (κ3) is 5.82. The Labute approximate surface area is 165 Å². The molecule has 0 radical (unpaired) electrons. The summed E-state index contributed by atoms with van der Waals surface area (Å²) in [6, 6.07) is 14.2. The van der Waals surface area contributed by atoms with Gasteiger partial charge in [-0.3, -0.25) is 9.59 Å². The average Bonchev–Trinajstić information content (AvgIpc) is 2.71. The maximum atomic E-state index is 12.4. The normalized spacial score (nSPS) is 14.3. The van der Waals surface area contributed by atoms with E-state index in [1.165, 1.54) is 24.2 Å². The Morgan fingerprint density at radius 1 is 0.893 bits per heavy atom. The van der Waals surface area contributed by atoms with Crippen molar-refractivity contribution in [2.75, 3.05) is 36.9 Å². The summed E-state index contributed by atoms with van der Waals surface area (Å²) in [6.07, 6.45) is 3.66. The molecule has 28 heavy (non-hydrogen) atoms. The van der Waals surface area contributed by atoms with Gasteiger partial charge in [-0.05, 0) is 74.7 Å². The van der Waals surface area contributed by atoms with Crippen molar-refractivity contribution < 1.29 is 19.2 Å². The first-order valence-corrected chi connectivity index (χ1v) is 9.92. The summed E-state index contributed by atoms with van der Waals surface area (Å²) in [5, 5.41) is 5.77. The van der Waals surface area contributed by atoms with E-state index in [4.69, 9.17) is 4.74 Å². The van der Waals surface area contributed by atoms with Crippen LogP contribution in [0.5, 0.6) is 5.75 Å². The highest BCUT2D eigenvalue weighted by Crippen LogP contribution is 2.17. The number of hydrogen-bond acceptors (Lipinski definition) is 3. The van der Waals surface area contributed by atoms with Crippen LogP contribution in [0.1, 0.15) is 36.5 Å². The van der Waals surface area contributed by atoms with Crippen molar-refractivity contribution in [2.45, 2.75) is 26.2 Å². The molecule has 2 aromatic rings. The van der Waals surface area contributed by atoms with Crippen LogP contribution in [0, 0.1) is 0 Å². The maximum absolute atomic E-state index is 12.4. The van der Waals surface area contributed by atoms with Gasteiger partial charge in [0, 0.05) is 16.9 Å². The minimum atomic E-state index is -0.195. The Hall–Kier alpha value is -2.86. The number of benzene rings is 2. The molecule has 6 nitrogen and oxygen atoms in total. The van der Waals surface area contributed by atoms with E-state index in [0.717, 1.165) is 18.8 Å². The third-order valence-electron chi connectivity index (χ3n) is 4.83. The molecule has 0 spiro atoms. The van der Waals surface area contributed by atoms with E-state index >= 15 is 0 Å². The van der Waals surface area contributed by atoms with Crippen molar-refractivity contribution >= 4 is 23.2 Å². The number of amides is 2. The van der Waals surface area contributed by atoms with Gasteiger partial charge in [-0.2, -0.15) is 0 Å². The summed E-state index contributed by atoms with van der Waals surface area (Å²) in [6.45, 7) is 5.17. The highest BCUT2D eigenvalue weighted by molar-refractivity contribution is 6.04. The first-order chi connectivity index (χ1) is 13.6. The Bertz CT molecular complexity index is 782. The molecule has 1 aliphatic heterocycles. The monoisotopic (exact) mass is 382 g/mol. The fraction of sp³-hybridized carbons (Fsp3) is 0.364. The minimum Gasteiger partial charge on any atom is -0.494 e. The number of hydrogen-bond donors (Lipinski definition) is 3. The van der Waals surface area contributed by atoms with Crippen molar-refractivity contribution in [3.63, 3.8) is 0 Å². The van der Waals surface area contributed by atoms with E-state index in [1.807, 2.05) is 19.1 Å². The predicted molar refractivity (Wildman–Crippen MR) is 110 cm³/mol. The van der Waals surface area contributed by atoms with Crippen molar-refractivity contribution in [3.8, 4) is 5.75 Å². The molecule has 1 fully saturated rings. The molecule has 2 amide bonds. The SMILES string of the molecule is CCOc1ccc(NC(=O)c2ccc(NC(=O)C[NH+]3CCCCC3)cc2)cc1. The van der Waals surface area contributed by atoms with Crippen LogP contribution >= 0.6 is 0 Å². The van der Waals surface area contributed by atoms with Crippen molar-refractivity contribution in [3.05, 3.63) is 54.1 Å². The quantitative estimate of drug-likeness (QED) is 0.688. The van der Waals surface area contributed by atoms with E-state index in [1.54, 1.807) is 36.4 Å². The second kappa shape index (κ2) is 9.90. The molecular formula is C22H28N3O3+. The second-order valence-electron chi connectivity index (χ2n) is 7.02. The van der Waals surface area contributed by atoms with Crippen LogP contribution in [0.25, 0.3) is 0 Å². The number of quaternary nitrogens is 1. The summed E-state index contributed by atoms with van der Waals surface area (Å²) < 4.78 is 5.39. The Morgan fingerprint density at radius 3 is 2.14 bits per heavy atom. The molecule has 2 aromatic carbocycles. The zero-order valence-corrected chi connectivity index (χ0v) is 16.3. The Kier molecular flexibility index (Phi) is 7.03. The van der Waals surface area contributed by atoms with Crippen LogP contribution < -0.4 is 20.3 Å². The van der Waals surface area contributed by atoms with Crippen LogP contribution in [-0.2, 0) is 4.79 Å². The standard InChI is InChI=1S/C22H27N3O3/c1-2-28-20-12-10-19(11-13-20)24-22(27)17-6-8-18(9-7-17)23-21(26)16-25-14-4-3-5-15-25/h6-13H,2-5,14-16H2,1H3,(H,23,26)(H,24,27)/p+1. The first-order valence-electron chi connectivity index (χ1n) is 9.92. The molecule has 0 aromatic heterocycles. The number of carbonyl (C=O) groups excluding carboxylic acids is 2. The van der Waals surface area contributed by atoms with Gasteiger partial charge in [0.05, 0.1) is 19.7 Å². The molecule has 1 heterocycles. The summed E-state index contributed by atoms with van der Waals surface area (Å²) in [5.74, 6) is 0.593. The number of likely N-dealkylation sites (tertiary alicyclic amines) is 1. The summed E-state index contributed by atoms with van der Waals surface area (Å²) >= 11 is 0. The van der Waals surface area contributed by atoms with E-state index in [9.17, 15) is 9.59 Å². The fourth-order valence-corrected chi connectivity index (χ4v) is 3.37. The Morgan fingerprint density at radius 2 is 1.50 bits per heavy atom. The van der Waals surface area contributed by atoms with Gasteiger partial charge in [0.15, 0.2) is 6.54 Å². The van der Waals surface area contributed by atoms with Gasteiger partial charge in [0.25, 0.3) is 11.8 Å². The lowest BCUT2D eigenvalue weighted by atomic mass is 10.1. The molecule has 148 valence electrons. The van der Waals surface area contributed by atoms with Crippen molar-refractivity contribution in [2.24, 2.45) is 0 Å². The fourth-order valence-electron chi connectivity index (χ4n) is 3.37. The molecule has 1 saturated heterocycles. The lowest BCUT2D eigenvalue weighted by Gasteiger charge is -2.22. The molecule has 0 atom stereocenters. The van der Waals surface area contributed by atoms with Crippen LogP contribution in [-0.4, -0.2) is 38.1 Å². The van der Waals surface area contributed by atoms with E-state index < -0.39 is 0 Å². The Balaban J connectivity index is 1.51. The van der Waals surface area contributed by atoms with Gasteiger partial charge < -0.3 is 20.3 Å². The second-order valence-corrected chi connectivity index (χ2v) is 7.02. The van der Waals surface area contributed by atoms with Crippen LogP contribution in [0.3, 0.4) is 0 Å². The number of nitrogens with one attached hydrogen (secondary N) is 3. The summed E-state index contributed by atoms with van der Waals surface area (Å²) in [4.78, 5) is 25.9. The van der Waals surface area contributed by atoms with Gasteiger partial charge in [0.1, 0.15) is 5.75 Å². The van der Waals surface area contributed by atoms with Gasteiger partial charge in [0.2, 0.25) is 0 Å². The van der Waals surface area contributed by atoms with Crippen molar-refractivity contribution in [1.82, 2.24) is 0 Å². The smallest absolute Gasteiger partial charge is 0.279 e. The number of carbonyl (C=O) groups is 2. The molecular weight excluding hydrogens is 354 g/mol. The molecule has 3 N–H and O–H groups in total. The summed E-state index contributed by atoms with van der Waals surface area (Å²) in [7, 11) is 0. The predicted octanol–water partition coefficient (Wildman–Crippen LogP) is 2.34. The van der Waals surface area contributed by atoms with Crippen LogP contribution in [0.4, 0.5) is 11.4 Å². The van der Waals surface area contributed by atoms with Gasteiger partial charge >= 0.3 is 0 Å². The lowest BCUT2D eigenvalue weighted by Crippen LogP contribution is -3.13. The average molecular weight is 382 g/mol. The largest absolute Gasteiger partial charge is 0.494 e. The molecule has 6 heteroatoms. The lowest BCUT2D eigenvalue weighted by molar-refractivity contribution is -0.896. The third-order valence-corrected chi connectivity index (χ3v) is 4.83. The van der Waals surface area contributed by atoms with E-state index in [-0.39, 0.29) is 11.8 Å². The van der Waals surface area contributed by atoms with Crippen molar-refractivity contribution in [1.29, 1.82) is 0 Å².